The third kappa shape index (κ3) is 67.9. The highest BCUT2D eigenvalue weighted by molar-refractivity contribution is 7.47. The third-order valence-corrected chi connectivity index (χ3v) is 15.9. The molecular formula is C73H130NO8P. The quantitative estimate of drug-likeness (QED) is 0.0264. The highest BCUT2D eigenvalue weighted by Crippen LogP contribution is 2.43. The molecule has 480 valence electrons. The average molecular weight is 1180 g/mol. The molecule has 0 bridgehead atoms. The summed E-state index contributed by atoms with van der Waals surface area (Å²) in [5.41, 5.74) is 5.39. The molecule has 0 aromatic rings. The molecule has 2 unspecified atom stereocenters. The zero-order valence-corrected chi connectivity index (χ0v) is 54.8. The van der Waals surface area contributed by atoms with Crippen LogP contribution in [-0.2, 0) is 32.7 Å². The van der Waals surface area contributed by atoms with Gasteiger partial charge in [0.25, 0.3) is 0 Å². The zero-order chi connectivity index (χ0) is 60.1. The average Bonchev–Trinajstić information content (AvgIpc) is 3.49. The molecule has 0 aromatic heterocycles. The van der Waals surface area contributed by atoms with E-state index in [0.29, 0.717) is 6.42 Å². The predicted molar refractivity (Wildman–Crippen MR) is 358 cm³/mol. The van der Waals surface area contributed by atoms with Gasteiger partial charge in [0.05, 0.1) is 13.2 Å². The highest BCUT2D eigenvalue weighted by Gasteiger charge is 2.26. The lowest BCUT2D eigenvalue weighted by Gasteiger charge is -2.19. The van der Waals surface area contributed by atoms with Gasteiger partial charge in [-0.05, 0) is 96.3 Å². The van der Waals surface area contributed by atoms with Crippen molar-refractivity contribution in [3.63, 3.8) is 0 Å². The standard InChI is InChI=1S/C73H130NO8P/c1-3-5-7-9-11-13-15-17-19-21-23-25-26-27-28-29-30-31-32-33-34-35-36-37-38-39-40-41-42-43-44-46-47-49-51-53-55-57-59-61-63-65-72(75)79-69-71(70-81-83(77,78)80-68-67-74)82-73(76)66-64-62-60-58-56-54-52-50-48-45-24-22-20-18-16-14-12-10-8-6-4-2/h6,8,12,14-15,17-18,20-21,23-24,45,50,52,56,58,71H,3-5,7,9-11,13,16,19,22,25-44,46-49,51,53-55,57,59-70,74H2,1-2H3,(H,77,78)/b8-6-,14-12-,17-15-,20-18-,23-21-,45-24-,52-50-,58-56-. The van der Waals surface area contributed by atoms with E-state index in [0.717, 1.165) is 77.0 Å². The summed E-state index contributed by atoms with van der Waals surface area (Å²) in [5.74, 6) is -0.872. The molecule has 0 rings (SSSR count). The van der Waals surface area contributed by atoms with Gasteiger partial charge in [0.1, 0.15) is 6.61 Å². The summed E-state index contributed by atoms with van der Waals surface area (Å²) in [5, 5.41) is 0. The van der Waals surface area contributed by atoms with Crippen LogP contribution in [0.4, 0.5) is 0 Å². The van der Waals surface area contributed by atoms with Crippen molar-refractivity contribution in [1.82, 2.24) is 0 Å². The van der Waals surface area contributed by atoms with Crippen molar-refractivity contribution >= 4 is 19.8 Å². The van der Waals surface area contributed by atoms with Crippen molar-refractivity contribution < 1.29 is 37.6 Å². The number of carbonyl (C=O) groups is 2. The number of unbranched alkanes of at least 4 members (excludes halogenated alkanes) is 36. The maximum absolute atomic E-state index is 12.7. The van der Waals surface area contributed by atoms with Gasteiger partial charge in [-0.3, -0.25) is 18.6 Å². The van der Waals surface area contributed by atoms with Gasteiger partial charge in [-0.25, -0.2) is 4.57 Å². The van der Waals surface area contributed by atoms with Gasteiger partial charge in [-0.15, -0.1) is 0 Å². The van der Waals surface area contributed by atoms with E-state index in [1.165, 1.54) is 212 Å². The van der Waals surface area contributed by atoms with Crippen LogP contribution in [0.2, 0.25) is 0 Å². The number of nitrogens with two attached hydrogens (primary N) is 1. The van der Waals surface area contributed by atoms with Crippen LogP contribution in [0.5, 0.6) is 0 Å². The minimum absolute atomic E-state index is 0.0429. The number of allylic oxidation sites excluding steroid dienone is 16. The maximum atomic E-state index is 12.7. The fourth-order valence-corrected chi connectivity index (χ4v) is 10.6. The summed E-state index contributed by atoms with van der Waals surface area (Å²) in [7, 11) is -4.41. The van der Waals surface area contributed by atoms with E-state index < -0.39 is 26.5 Å². The maximum Gasteiger partial charge on any atom is 0.472 e. The lowest BCUT2D eigenvalue weighted by Crippen LogP contribution is -2.29. The summed E-state index contributed by atoms with van der Waals surface area (Å²) in [6.45, 7) is 3.59. The molecule has 10 heteroatoms. The summed E-state index contributed by atoms with van der Waals surface area (Å²) in [6.07, 6.45) is 92.5. The Morgan fingerprint density at radius 1 is 0.373 bits per heavy atom. The Balaban J connectivity index is 3.80. The van der Waals surface area contributed by atoms with Crippen LogP contribution >= 0.6 is 7.82 Å². The molecule has 9 nitrogen and oxygen atoms in total. The Kier molecular flexibility index (Phi) is 65.5. The molecule has 0 amide bonds. The second-order valence-corrected chi connectivity index (χ2v) is 24.5. The molecular weight excluding hydrogens is 1050 g/mol. The Morgan fingerprint density at radius 3 is 1.01 bits per heavy atom. The lowest BCUT2D eigenvalue weighted by molar-refractivity contribution is -0.161. The first-order valence-corrected chi connectivity index (χ1v) is 36.2. The van der Waals surface area contributed by atoms with E-state index in [1.807, 2.05) is 0 Å². The monoisotopic (exact) mass is 1180 g/mol. The van der Waals surface area contributed by atoms with E-state index in [4.69, 9.17) is 24.3 Å². The second kappa shape index (κ2) is 68.0. The number of hydrogen-bond acceptors (Lipinski definition) is 8. The fraction of sp³-hybridized carbons (Fsp3) is 0.753. The highest BCUT2D eigenvalue weighted by atomic mass is 31.2. The molecule has 2 atom stereocenters. The molecule has 3 N–H and O–H groups in total. The van der Waals surface area contributed by atoms with Crippen LogP contribution in [0.25, 0.3) is 0 Å². The predicted octanol–water partition coefficient (Wildman–Crippen LogP) is 22.7. The molecule has 0 saturated heterocycles. The molecule has 0 spiro atoms. The van der Waals surface area contributed by atoms with Gasteiger partial charge < -0.3 is 20.1 Å². The summed E-state index contributed by atoms with van der Waals surface area (Å²) in [4.78, 5) is 35.3. The van der Waals surface area contributed by atoms with Crippen molar-refractivity contribution in [1.29, 1.82) is 0 Å². The number of phosphoric ester groups is 1. The topological polar surface area (TPSA) is 134 Å². The molecule has 0 aliphatic heterocycles. The van der Waals surface area contributed by atoms with E-state index in [-0.39, 0.29) is 38.6 Å². The van der Waals surface area contributed by atoms with Crippen LogP contribution in [0.1, 0.15) is 322 Å². The smallest absolute Gasteiger partial charge is 0.462 e. The molecule has 83 heavy (non-hydrogen) atoms. The van der Waals surface area contributed by atoms with E-state index in [2.05, 4.69) is 111 Å². The van der Waals surface area contributed by atoms with Crippen LogP contribution in [0, 0.1) is 0 Å². The molecule has 0 aliphatic carbocycles. The molecule has 0 saturated carbocycles. The summed E-state index contributed by atoms with van der Waals surface area (Å²) < 4.78 is 33.1. The van der Waals surface area contributed by atoms with Gasteiger partial charge in [0.2, 0.25) is 0 Å². The van der Waals surface area contributed by atoms with Crippen molar-refractivity contribution in [3.05, 3.63) is 97.2 Å². The van der Waals surface area contributed by atoms with E-state index in [9.17, 15) is 19.0 Å². The number of carbonyl (C=O) groups excluding carboxylic acids is 2. The van der Waals surface area contributed by atoms with Crippen molar-refractivity contribution in [2.24, 2.45) is 5.73 Å². The van der Waals surface area contributed by atoms with Gasteiger partial charge in [-0.2, -0.15) is 0 Å². The molecule has 0 aliphatic rings. The van der Waals surface area contributed by atoms with Crippen molar-refractivity contribution in [2.75, 3.05) is 26.4 Å². The van der Waals surface area contributed by atoms with Crippen LogP contribution in [0.3, 0.4) is 0 Å². The Morgan fingerprint density at radius 2 is 0.663 bits per heavy atom. The molecule has 0 heterocycles. The van der Waals surface area contributed by atoms with Crippen LogP contribution in [0.15, 0.2) is 97.2 Å². The lowest BCUT2D eigenvalue weighted by atomic mass is 10.0. The minimum Gasteiger partial charge on any atom is -0.462 e. The largest absolute Gasteiger partial charge is 0.472 e. The van der Waals surface area contributed by atoms with E-state index >= 15 is 0 Å². The van der Waals surface area contributed by atoms with E-state index in [1.54, 1.807) is 0 Å². The van der Waals surface area contributed by atoms with Gasteiger partial charge in [0.15, 0.2) is 6.10 Å². The SMILES string of the molecule is CC/C=C\C/C=C\C/C=C\C/C=C\C/C=C\C/C=C\CCCCC(=O)OC(COC(=O)CCCCCCCCCCCCCCCCCCCCCCCCCCCCCCC/C=C\C/C=C\CCCCCCC)COP(=O)(O)OCCN. The number of ether oxygens (including phenoxy) is 2. The second-order valence-electron chi connectivity index (χ2n) is 23.0. The normalized spacial score (nSPS) is 13.5. The number of esters is 2. The first-order valence-electron chi connectivity index (χ1n) is 34.7. The number of hydrogen-bond donors (Lipinski definition) is 2. The van der Waals surface area contributed by atoms with Crippen LogP contribution in [-0.4, -0.2) is 49.3 Å². The van der Waals surface area contributed by atoms with Crippen molar-refractivity contribution in [3.8, 4) is 0 Å². The third-order valence-electron chi connectivity index (χ3n) is 15.0. The van der Waals surface area contributed by atoms with Crippen LogP contribution < -0.4 is 5.73 Å². The first kappa shape index (κ1) is 79.9. The Hall–Kier alpha value is -3.07. The van der Waals surface area contributed by atoms with Gasteiger partial charge in [0, 0.05) is 19.4 Å². The number of rotatable bonds is 65. The summed E-state index contributed by atoms with van der Waals surface area (Å²) in [6, 6.07) is 0. The van der Waals surface area contributed by atoms with Gasteiger partial charge >= 0.3 is 19.8 Å². The minimum atomic E-state index is -4.41. The van der Waals surface area contributed by atoms with Crippen molar-refractivity contribution in [2.45, 2.75) is 328 Å². The molecule has 0 fully saturated rings. The number of phosphoric acid groups is 1. The molecule has 0 aromatic carbocycles. The fourth-order valence-electron chi connectivity index (χ4n) is 9.85. The van der Waals surface area contributed by atoms with Gasteiger partial charge in [-0.1, -0.05) is 310 Å². The zero-order valence-electron chi connectivity index (χ0n) is 53.9. The Labute approximate surface area is 512 Å². The molecule has 0 radical (unpaired) electrons. The summed E-state index contributed by atoms with van der Waals surface area (Å²) >= 11 is 0. The first-order chi connectivity index (χ1) is 40.8. The Bertz CT molecular complexity index is 1680.